The van der Waals surface area contributed by atoms with E-state index in [9.17, 15) is 13.2 Å². The zero-order valence-electron chi connectivity index (χ0n) is 17.0. The minimum absolute atomic E-state index is 0.0472. The number of anilines is 1. The van der Waals surface area contributed by atoms with Gasteiger partial charge in [0, 0.05) is 50.1 Å². The average molecular weight is 416 g/mol. The van der Waals surface area contributed by atoms with E-state index in [1.165, 1.54) is 18.2 Å². The van der Waals surface area contributed by atoms with E-state index in [0.29, 0.717) is 17.9 Å². The minimum atomic E-state index is -3.83. The smallest absolute Gasteiger partial charge is 0.284 e. The number of hydrogen-bond donors (Lipinski definition) is 1. The summed E-state index contributed by atoms with van der Waals surface area (Å²) in [5.41, 5.74) is 3.06. The van der Waals surface area contributed by atoms with Crippen LogP contribution in [0.2, 0.25) is 0 Å². The van der Waals surface area contributed by atoms with Crippen molar-refractivity contribution in [3.05, 3.63) is 47.3 Å². The van der Waals surface area contributed by atoms with Crippen molar-refractivity contribution in [1.29, 1.82) is 0 Å². The Morgan fingerprint density at radius 2 is 2.03 bits per heavy atom. The molecule has 1 aliphatic heterocycles. The zero-order valence-corrected chi connectivity index (χ0v) is 17.8. The molecule has 0 bridgehead atoms. The lowest BCUT2D eigenvalue weighted by Crippen LogP contribution is -2.20. The maximum Gasteiger partial charge on any atom is 0.284 e. The third-order valence-corrected chi connectivity index (χ3v) is 6.23. The van der Waals surface area contributed by atoms with Gasteiger partial charge in [0.2, 0.25) is 5.91 Å². The van der Waals surface area contributed by atoms with Gasteiger partial charge in [-0.05, 0) is 44.5 Å². The molecule has 0 aliphatic carbocycles. The van der Waals surface area contributed by atoms with Crippen molar-refractivity contribution in [2.24, 2.45) is 11.4 Å². The standard InChI is InChI=1S/C20H25N5O3S/c1-14-18(15(2)25(4)22-14)10-11-20(26)21-16-7-5-8-17(13-16)29(27,28)23-19-9-6-12-24(19)3/h5,7-8,10-11,13H,6,9,12H2,1-4H3,(H,21,26)/b11-10+,23-19+. The molecule has 154 valence electrons. The number of aryl methyl sites for hydroxylation is 2. The average Bonchev–Trinajstić information content (AvgIpc) is 3.16. The van der Waals surface area contributed by atoms with Crippen molar-refractivity contribution >= 4 is 33.5 Å². The number of likely N-dealkylation sites (tertiary alicyclic amines) is 1. The maximum absolute atomic E-state index is 12.6. The van der Waals surface area contributed by atoms with E-state index in [0.717, 1.165) is 29.9 Å². The Morgan fingerprint density at radius 3 is 2.66 bits per heavy atom. The Morgan fingerprint density at radius 1 is 1.28 bits per heavy atom. The van der Waals surface area contributed by atoms with Gasteiger partial charge in [-0.3, -0.25) is 9.48 Å². The molecule has 0 radical (unpaired) electrons. The lowest BCUT2D eigenvalue weighted by molar-refractivity contribution is -0.111. The highest BCUT2D eigenvalue weighted by Crippen LogP contribution is 2.20. The Labute approximate surface area is 171 Å². The molecule has 1 fully saturated rings. The van der Waals surface area contributed by atoms with Crippen LogP contribution in [0.15, 0.2) is 39.6 Å². The fourth-order valence-corrected chi connectivity index (χ4v) is 4.35. The van der Waals surface area contributed by atoms with E-state index >= 15 is 0 Å². The number of carbonyl (C=O) groups excluding carboxylic acids is 1. The topological polar surface area (TPSA) is 96.7 Å². The molecule has 0 saturated carbocycles. The molecule has 8 nitrogen and oxygen atoms in total. The van der Waals surface area contributed by atoms with Crippen LogP contribution in [-0.2, 0) is 21.9 Å². The third-order valence-electron chi connectivity index (χ3n) is 4.93. The van der Waals surface area contributed by atoms with E-state index < -0.39 is 10.0 Å². The van der Waals surface area contributed by atoms with Gasteiger partial charge in [-0.15, -0.1) is 4.40 Å². The Kier molecular flexibility index (Phi) is 5.88. The molecule has 3 rings (SSSR count). The second-order valence-corrected chi connectivity index (χ2v) is 8.67. The fraction of sp³-hybridized carbons (Fsp3) is 0.350. The highest BCUT2D eigenvalue weighted by Gasteiger charge is 2.20. The van der Waals surface area contributed by atoms with Gasteiger partial charge in [0.25, 0.3) is 10.0 Å². The van der Waals surface area contributed by atoms with Crippen molar-refractivity contribution in [2.75, 3.05) is 18.9 Å². The fourth-order valence-electron chi connectivity index (χ4n) is 3.21. The molecule has 2 aromatic rings. The first kappa shape index (κ1) is 20.8. The normalized spacial score (nSPS) is 16.1. The number of rotatable bonds is 5. The largest absolute Gasteiger partial charge is 0.362 e. The second-order valence-electron chi connectivity index (χ2n) is 7.07. The molecule has 1 amide bonds. The van der Waals surface area contributed by atoms with Gasteiger partial charge in [0.05, 0.1) is 10.6 Å². The monoisotopic (exact) mass is 415 g/mol. The van der Waals surface area contributed by atoms with Gasteiger partial charge in [-0.25, -0.2) is 0 Å². The first-order chi connectivity index (χ1) is 13.7. The van der Waals surface area contributed by atoms with Crippen molar-refractivity contribution < 1.29 is 13.2 Å². The Bertz CT molecular complexity index is 1100. The van der Waals surface area contributed by atoms with E-state index in [-0.39, 0.29) is 10.8 Å². The Hall–Kier alpha value is -2.94. The number of aromatic nitrogens is 2. The number of amides is 1. The van der Waals surface area contributed by atoms with Crippen LogP contribution in [-0.4, -0.2) is 48.4 Å². The van der Waals surface area contributed by atoms with Crippen LogP contribution in [0.1, 0.15) is 29.8 Å². The van der Waals surface area contributed by atoms with E-state index in [2.05, 4.69) is 14.8 Å². The number of benzene rings is 1. The summed E-state index contributed by atoms with van der Waals surface area (Å²) in [5, 5.41) is 7.01. The first-order valence-electron chi connectivity index (χ1n) is 9.31. The van der Waals surface area contributed by atoms with Gasteiger partial charge >= 0.3 is 0 Å². The van der Waals surface area contributed by atoms with Crippen LogP contribution >= 0.6 is 0 Å². The summed E-state index contributed by atoms with van der Waals surface area (Å²) in [4.78, 5) is 14.2. The van der Waals surface area contributed by atoms with Gasteiger partial charge in [-0.2, -0.15) is 13.5 Å². The summed E-state index contributed by atoms with van der Waals surface area (Å²) in [5.74, 6) is 0.202. The van der Waals surface area contributed by atoms with Gasteiger partial charge in [0.1, 0.15) is 5.84 Å². The quantitative estimate of drug-likeness (QED) is 0.757. The number of nitrogens with one attached hydrogen (secondary N) is 1. The molecule has 1 aliphatic rings. The van der Waals surface area contributed by atoms with Crippen LogP contribution < -0.4 is 5.32 Å². The number of hydrogen-bond acceptors (Lipinski definition) is 4. The molecular weight excluding hydrogens is 390 g/mol. The van der Waals surface area contributed by atoms with Gasteiger partial charge in [-0.1, -0.05) is 6.07 Å². The summed E-state index contributed by atoms with van der Waals surface area (Å²) < 4.78 is 30.9. The van der Waals surface area contributed by atoms with Gasteiger partial charge in [0.15, 0.2) is 0 Å². The molecule has 1 N–H and O–H groups in total. The molecule has 9 heteroatoms. The minimum Gasteiger partial charge on any atom is -0.362 e. The first-order valence-corrected chi connectivity index (χ1v) is 10.8. The lowest BCUT2D eigenvalue weighted by Gasteiger charge is -2.11. The van der Waals surface area contributed by atoms with Crippen molar-refractivity contribution in [2.45, 2.75) is 31.6 Å². The summed E-state index contributed by atoms with van der Waals surface area (Å²) in [6, 6.07) is 6.11. The maximum atomic E-state index is 12.6. The predicted octanol–water partition coefficient (Wildman–Crippen LogP) is 2.50. The molecule has 2 heterocycles. The highest BCUT2D eigenvalue weighted by molar-refractivity contribution is 7.90. The van der Waals surface area contributed by atoms with Gasteiger partial charge < -0.3 is 10.2 Å². The molecule has 0 spiro atoms. The van der Waals surface area contributed by atoms with Crippen LogP contribution in [0.5, 0.6) is 0 Å². The zero-order chi connectivity index (χ0) is 21.2. The molecule has 1 aromatic heterocycles. The van der Waals surface area contributed by atoms with E-state index in [1.807, 2.05) is 32.8 Å². The van der Waals surface area contributed by atoms with Crippen molar-refractivity contribution in [3.8, 4) is 0 Å². The second kappa shape index (κ2) is 8.20. The molecule has 0 atom stereocenters. The molecule has 1 saturated heterocycles. The third kappa shape index (κ3) is 4.73. The predicted molar refractivity (Wildman–Crippen MR) is 113 cm³/mol. The van der Waals surface area contributed by atoms with Crippen LogP contribution in [0, 0.1) is 13.8 Å². The highest BCUT2D eigenvalue weighted by atomic mass is 32.2. The van der Waals surface area contributed by atoms with Crippen LogP contribution in [0.4, 0.5) is 5.69 Å². The van der Waals surface area contributed by atoms with Crippen molar-refractivity contribution in [3.63, 3.8) is 0 Å². The molecule has 1 aromatic carbocycles. The Balaban J connectivity index is 1.76. The summed E-state index contributed by atoms with van der Waals surface area (Å²) in [6.07, 6.45) is 4.65. The SMILES string of the molecule is Cc1nn(C)c(C)c1/C=C/C(=O)Nc1cccc(S(=O)(=O)/N=C2\CCCN2C)c1. The summed E-state index contributed by atoms with van der Waals surface area (Å²) in [7, 11) is -0.158. The van der Waals surface area contributed by atoms with Crippen molar-refractivity contribution in [1.82, 2.24) is 14.7 Å². The summed E-state index contributed by atoms with van der Waals surface area (Å²) >= 11 is 0. The number of amidine groups is 1. The summed E-state index contributed by atoms with van der Waals surface area (Å²) in [6.45, 7) is 4.60. The number of sulfonamides is 1. The molecule has 0 unspecified atom stereocenters. The van der Waals surface area contributed by atoms with Crippen LogP contribution in [0.25, 0.3) is 6.08 Å². The van der Waals surface area contributed by atoms with E-state index in [4.69, 9.17) is 0 Å². The van der Waals surface area contributed by atoms with E-state index in [1.54, 1.807) is 22.9 Å². The van der Waals surface area contributed by atoms with Crippen LogP contribution in [0.3, 0.4) is 0 Å². The lowest BCUT2D eigenvalue weighted by atomic mass is 10.2. The molecule has 29 heavy (non-hydrogen) atoms. The number of carbonyl (C=O) groups is 1. The molecular formula is C20H25N5O3S. The number of nitrogens with zero attached hydrogens (tertiary/aromatic N) is 4.